The fourth-order valence-electron chi connectivity index (χ4n) is 5.76. The first-order valence-electron chi connectivity index (χ1n) is 13.7. The van der Waals surface area contributed by atoms with E-state index < -0.39 is 77.6 Å². The lowest BCUT2D eigenvalue weighted by molar-refractivity contribution is -0.0487. The van der Waals surface area contributed by atoms with Gasteiger partial charge < -0.3 is 52.0 Å². The van der Waals surface area contributed by atoms with Crippen LogP contribution in [0.3, 0.4) is 0 Å². The number of hydrogen-bond acceptors (Lipinski definition) is 18. The van der Waals surface area contributed by atoms with Crippen molar-refractivity contribution in [2.24, 2.45) is 0 Å². The monoisotopic (exact) mass is 642 g/mol. The average Bonchev–Trinajstić information content (AvgIpc) is 3.77. The van der Waals surface area contributed by atoms with E-state index in [9.17, 15) is 39.6 Å². The summed E-state index contributed by atoms with van der Waals surface area (Å²) >= 11 is 0. The molecule has 242 valence electrons. The number of nitrogens with two attached hydrogens (primary N) is 2. The molecule has 22 heteroatoms. The first-order chi connectivity index (χ1) is 22.0. The quantitative estimate of drug-likeness (QED) is 0.0707. The number of rotatable bonds is 8. The molecule has 7 rings (SSSR count). The molecule has 4 aromatic heterocycles. The highest BCUT2D eigenvalue weighted by atomic mass is 16.6. The van der Waals surface area contributed by atoms with Crippen molar-refractivity contribution in [1.82, 2.24) is 39.0 Å². The Morgan fingerprint density at radius 3 is 1.87 bits per heavy atom. The fourth-order valence-corrected chi connectivity index (χ4v) is 5.76. The minimum atomic E-state index is -1.51. The Balaban J connectivity index is 1.08. The van der Waals surface area contributed by atoms with E-state index in [1.54, 1.807) is 0 Å². The number of aliphatic hydroxyl groups excluding tert-OH is 4. The number of fused-ring (bicyclic) bond motifs is 2. The lowest BCUT2D eigenvalue weighted by Gasteiger charge is -2.25. The average molecular weight is 643 g/mol. The molecule has 2 aliphatic rings. The van der Waals surface area contributed by atoms with E-state index in [1.165, 1.54) is 21.8 Å². The van der Waals surface area contributed by atoms with Crippen LogP contribution in [0.5, 0.6) is 0 Å². The number of ether oxygens (including phenoxy) is 2. The summed E-state index contributed by atoms with van der Waals surface area (Å²) in [7, 11) is 0. The molecule has 2 saturated heterocycles. The van der Waals surface area contributed by atoms with E-state index >= 15 is 0 Å². The minimum Gasteiger partial charge on any atom is -0.394 e. The van der Waals surface area contributed by atoms with Crippen LogP contribution >= 0.6 is 0 Å². The molecule has 2 aliphatic heterocycles. The number of nitrogen functional groups attached to an aromatic ring is 2. The van der Waals surface area contributed by atoms with Crippen molar-refractivity contribution in [3.05, 3.63) is 53.8 Å². The van der Waals surface area contributed by atoms with Crippen LogP contribution in [0, 0.1) is 0 Å². The highest BCUT2D eigenvalue weighted by Gasteiger charge is 2.47. The molecule has 6 heterocycles. The Labute approximate surface area is 253 Å². The molecule has 1 aromatic carbocycles. The smallest absolute Gasteiger partial charge is 0.280 e. The Morgan fingerprint density at radius 1 is 0.783 bits per heavy atom. The lowest BCUT2D eigenvalue weighted by atomic mass is 10.0. The topological polar surface area (TPSA) is 337 Å². The number of aromatic amines is 2. The van der Waals surface area contributed by atoms with Crippen molar-refractivity contribution < 1.29 is 29.9 Å². The van der Waals surface area contributed by atoms with Crippen molar-refractivity contribution in [2.45, 2.75) is 49.0 Å². The summed E-state index contributed by atoms with van der Waals surface area (Å²) in [6.07, 6.45) is -6.74. The predicted octanol–water partition coefficient (Wildman–Crippen LogP) is -5.22. The Kier molecular flexibility index (Phi) is 6.84. The molecule has 2 fully saturated rings. The summed E-state index contributed by atoms with van der Waals surface area (Å²) in [6.45, 7) is -0.877. The van der Waals surface area contributed by atoms with Gasteiger partial charge in [0.25, 0.3) is 22.0 Å². The van der Waals surface area contributed by atoms with Crippen LogP contribution in [-0.4, -0.2) is 109 Å². The molecule has 8 unspecified atom stereocenters. The molecule has 12 N–H and O–H groups in total. The number of nitrogens with one attached hydrogen (secondary N) is 4. The van der Waals surface area contributed by atoms with Gasteiger partial charge in [0.05, 0.1) is 25.3 Å². The summed E-state index contributed by atoms with van der Waals surface area (Å²) in [5.74, 6) is -0.405. The molecule has 8 atom stereocenters. The van der Waals surface area contributed by atoms with Crippen molar-refractivity contribution in [3.8, 4) is 0 Å². The molecule has 0 saturated carbocycles. The maximum absolute atomic E-state index is 12.6. The van der Waals surface area contributed by atoms with Gasteiger partial charge in [-0.3, -0.25) is 38.3 Å². The summed E-state index contributed by atoms with van der Waals surface area (Å²) in [5.41, 5.74) is 7.65. The molecule has 0 radical (unpaired) electrons. The van der Waals surface area contributed by atoms with Gasteiger partial charge in [-0.2, -0.15) is 9.97 Å². The van der Waals surface area contributed by atoms with E-state index in [0.717, 1.165) is 0 Å². The summed E-state index contributed by atoms with van der Waals surface area (Å²) in [5, 5.41) is 48.0. The second-order valence-corrected chi connectivity index (χ2v) is 10.8. The third kappa shape index (κ3) is 4.42. The zero-order chi connectivity index (χ0) is 32.6. The number of nitrogens with zero attached hydrogens (tertiary/aromatic N) is 6. The molecule has 22 nitrogen and oxygen atoms in total. The molecule has 0 aliphatic carbocycles. The molecule has 0 amide bonds. The number of anilines is 4. The molecular formula is C24H26N12O10. The number of aromatic nitrogens is 8. The minimum absolute atomic E-state index is 0.00361. The first-order valence-corrected chi connectivity index (χ1v) is 13.7. The largest absolute Gasteiger partial charge is 0.394 e. The Hall–Kier alpha value is -5.26. The zero-order valence-corrected chi connectivity index (χ0v) is 23.3. The summed E-state index contributed by atoms with van der Waals surface area (Å²) < 4.78 is 14.1. The van der Waals surface area contributed by atoms with Gasteiger partial charge in [-0.15, -0.1) is 0 Å². The van der Waals surface area contributed by atoms with Crippen LogP contribution < -0.4 is 44.1 Å². The van der Waals surface area contributed by atoms with E-state index in [2.05, 4.69) is 40.5 Å². The Morgan fingerprint density at radius 2 is 1.30 bits per heavy atom. The third-order valence-corrected chi connectivity index (χ3v) is 8.04. The van der Waals surface area contributed by atoms with Gasteiger partial charge in [0.15, 0.2) is 34.8 Å². The first kappa shape index (κ1) is 29.5. The molecule has 46 heavy (non-hydrogen) atoms. The number of H-pyrrole nitrogens is 2. The maximum Gasteiger partial charge on any atom is 0.280 e. The van der Waals surface area contributed by atoms with E-state index in [4.69, 9.17) is 20.9 Å². The van der Waals surface area contributed by atoms with Gasteiger partial charge in [-0.25, -0.2) is 9.97 Å². The molecule has 0 spiro atoms. The van der Waals surface area contributed by atoms with Crippen molar-refractivity contribution >= 4 is 45.6 Å². The predicted molar refractivity (Wildman–Crippen MR) is 155 cm³/mol. The highest BCUT2D eigenvalue weighted by molar-refractivity contribution is 5.75. The Bertz CT molecular complexity index is 2170. The normalized spacial score (nSPS) is 28.1. The maximum atomic E-state index is 12.6. The second kappa shape index (κ2) is 10.7. The van der Waals surface area contributed by atoms with E-state index in [1.807, 2.05) is 0 Å². The van der Waals surface area contributed by atoms with E-state index in [-0.39, 0.29) is 52.1 Å². The van der Waals surface area contributed by atoms with Crippen LogP contribution in [0.25, 0.3) is 22.3 Å². The number of hydrogen-bond donors (Lipinski definition) is 10. The molecule has 0 bridgehead atoms. The van der Waals surface area contributed by atoms with Crippen LogP contribution in [0.1, 0.15) is 12.5 Å². The van der Waals surface area contributed by atoms with Gasteiger partial charge >= 0.3 is 0 Å². The van der Waals surface area contributed by atoms with Crippen LogP contribution in [-0.2, 0) is 9.47 Å². The van der Waals surface area contributed by atoms with Crippen molar-refractivity contribution in [3.63, 3.8) is 0 Å². The van der Waals surface area contributed by atoms with Gasteiger partial charge in [0.2, 0.25) is 11.9 Å². The van der Waals surface area contributed by atoms with E-state index in [0.29, 0.717) is 0 Å². The van der Waals surface area contributed by atoms with Gasteiger partial charge in [0, 0.05) is 6.54 Å². The van der Waals surface area contributed by atoms with Crippen molar-refractivity contribution in [2.75, 3.05) is 35.3 Å². The summed E-state index contributed by atoms with van der Waals surface area (Å²) in [4.78, 5) is 70.0. The fraction of sp³-hybridized carbons (Fsp3) is 0.417. The van der Waals surface area contributed by atoms with Crippen molar-refractivity contribution in [1.29, 1.82) is 0 Å². The number of imidazole rings is 2. The number of aliphatic hydroxyl groups is 4. The standard InChI is InChI=1S/C24H26N12O10/c25-23-31-17-10(19(43)33-23)28-3-35(17)21-15(41)7(6(2-37)46-21)30-9-8(13(39)14(9)40)27-1-5-12(38)16(42)22(45-5)36-4-29-11-18(36)32-24(26)34-20(11)44/h3-7,12,15-16,21-22,27,30,37-38,41-42H,1-2H2,(H3,25,31,33,43)(H3,26,32,34,44). The second-order valence-electron chi connectivity index (χ2n) is 10.8. The third-order valence-electron chi connectivity index (χ3n) is 8.04. The molecule has 5 aromatic rings. The summed E-state index contributed by atoms with van der Waals surface area (Å²) in [6, 6.07) is -1.13. The van der Waals surface area contributed by atoms with Crippen LogP contribution in [0.15, 0.2) is 31.8 Å². The van der Waals surface area contributed by atoms with Crippen LogP contribution in [0.4, 0.5) is 23.3 Å². The van der Waals surface area contributed by atoms with Gasteiger partial charge in [-0.05, 0) is 0 Å². The highest BCUT2D eigenvalue weighted by Crippen LogP contribution is 2.34. The SMILES string of the molecule is Nc1nc2c(ncn2C2OC(CNc3c(NC4C(CO)OC(n5cnc6c(=O)[nH]c(N)nc65)C4O)c(=O)c3=O)C(O)C2O)c(=O)[nH]1. The van der Waals surface area contributed by atoms with Gasteiger partial charge in [-0.1, -0.05) is 0 Å². The zero-order valence-electron chi connectivity index (χ0n) is 23.3. The van der Waals surface area contributed by atoms with Crippen LogP contribution in [0.2, 0.25) is 0 Å². The van der Waals surface area contributed by atoms with Gasteiger partial charge in [0.1, 0.15) is 41.9 Å². The lowest BCUT2D eigenvalue weighted by Crippen LogP contribution is -2.46. The molecular weight excluding hydrogens is 616 g/mol.